The second-order valence-electron chi connectivity index (χ2n) is 5.58. The molecule has 2 rings (SSSR count). The lowest BCUT2D eigenvalue weighted by atomic mass is 10.2. The molecule has 8 heteroatoms. The maximum absolute atomic E-state index is 12.5. The molecule has 130 valence electrons. The summed E-state index contributed by atoms with van der Waals surface area (Å²) in [6.07, 6.45) is 5.68. The number of morpholine rings is 1. The minimum atomic E-state index is -3.57. The summed E-state index contributed by atoms with van der Waals surface area (Å²) in [6.45, 7) is 4.21. The van der Waals surface area contributed by atoms with E-state index in [9.17, 15) is 13.2 Å². The minimum Gasteiger partial charge on any atom is -0.379 e. The maximum atomic E-state index is 12.5. The van der Waals surface area contributed by atoms with E-state index in [0.717, 1.165) is 25.7 Å². The van der Waals surface area contributed by atoms with Crippen molar-refractivity contribution in [1.29, 1.82) is 0 Å². The van der Waals surface area contributed by atoms with Crippen LogP contribution in [0.2, 0.25) is 0 Å². The van der Waals surface area contributed by atoms with Crippen LogP contribution in [0, 0.1) is 0 Å². The Hall–Kier alpha value is -1.38. The van der Waals surface area contributed by atoms with Crippen LogP contribution in [0.1, 0.15) is 43.1 Å². The fourth-order valence-corrected chi connectivity index (χ4v) is 3.84. The van der Waals surface area contributed by atoms with Crippen molar-refractivity contribution in [2.75, 3.05) is 32.8 Å². The van der Waals surface area contributed by atoms with Gasteiger partial charge in [-0.3, -0.25) is 4.79 Å². The lowest BCUT2D eigenvalue weighted by Gasteiger charge is -2.25. The molecule has 23 heavy (non-hydrogen) atoms. The van der Waals surface area contributed by atoms with Gasteiger partial charge in [0.25, 0.3) is 5.91 Å². The summed E-state index contributed by atoms with van der Waals surface area (Å²) < 4.78 is 31.5. The molecule has 2 heterocycles. The van der Waals surface area contributed by atoms with Gasteiger partial charge in [0.1, 0.15) is 10.6 Å². The van der Waals surface area contributed by atoms with E-state index in [1.54, 1.807) is 0 Å². The van der Waals surface area contributed by atoms with Crippen molar-refractivity contribution in [1.82, 2.24) is 14.6 Å². The second-order valence-corrected chi connectivity index (χ2v) is 7.52. The molecule has 0 saturated carbocycles. The van der Waals surface area contributed by atoms with Gasteiger partial charge in [0.15, 0.2) is 0 Å². The summed E-state index contributed by atoms with van der Waals surface area (Å²) in [4.78, 5) is 14.9. The first kappa shape index (κ1) is 18.0. The number of carbonyl (C=O) groups is 1. The van der Waals surface area contributed by atoms with E-state index in [-0.39, 0.29) is 16.5 Å². The molecule has 7 nitrogen and oxygen atoms in total. The van der Waals surface area contributed by atoms with Crippen LogP contribution in [0.15, 0.2) is 17.2 Å². The van der Waals surface area contributed by atoms with Gasteiger partial charge in [0, 0.05) is 25.8 Å². The average molecular weight is 343 g/mol. The van der Waals surface area contributed by atoms with Crippen LogP contribution in [0.25, 0.3) is 0 Å². The fourth-order valence-electron chi connectivity index (χ4n) is 2.44. The Bertz CT molecular complexity index is 606. The van der Waals surface area contributed by atoms with E-state index in [1.807, 2.05) is 0 Å². The zero-order valence-corrected chi connectivity index (χ0v) is 14.3. The first-order valence-corrected chi connectivity index (χ1v) is 9.54. The van der Waals surface area contributed by atoms with E-state index in [4.69, 9.17) is 4.74 Å². The molecule has 1 aromatic heterocycles. The summed E-state index contributed by atoms with van der Waals surface area (Å²) in [5.74, 6) is -0.273. The summed E-state index contributed by atoms with van der Waals surface area (Å²) in [7, 11) is -3.57. The SMILES string of the molecule is CCCCCCNC(=O)c1cc(S(=O)(=O)N2CCOCC2)c[nH]1. The maximum Gasteiger partial charge on any atom is 0.267 e. The van der Waals surface area contributed by atoms with Crippen LogP contribution >= 0.6 is 0 Å². The van der Waals surface area contributed by atoms with E-state index in [2.05, 4.69) is 17.2 Å². The number of ether oxygens (including phenoxy) is 1. The number of nitrogens with one attached hydrogen (secondary N) is 2. The number of nitrogens with zero attached hydrogens (tertiary/aromatic N) is 1. The Morgan fingerprint density at radius 3 is 2.74 bits per heavy atom. The number of hydrogen-bond acceptors (Lipinski definition) is 4. The largest absolute Gasteiger partial charge is 0.379 e. The molecule has 0 aliphatic carbocycles. The van der Waals surface area contributed by atoms with Crippen molar-refractivity contribution >= 4 is 15.9 Å². The second kappa shape index (κ2) is 8.47. The molecular formula is C15H25N3O4S. The molecule has 1 aliphatic heterocycles. The Morgan fingerprint density at radius 1 is 1.30 bits per heavy atom. The number of unbranched alkanes of at least 4 members (excludes halogenated alkanes) is 3. The number of carbonyl (C=O) groups excluding carboxylic acids is 1. The highest BCUT2D eigenvalue weighted by molar-refractivity contribution is 7.89. The molecule has 1 amide bonds. The van der Waals surface area contributed by atoms with Gasteiger partial charge in [-0.25, -0.2) is 8.42 Å². The summed E-state index contributed by atoms with van der Waals surface area (Å²) in [5.41, 5.74) is 0.271. The van der Waals surface area contributed by atoms with Crippen molar-refractivity contribution in [2.45, 2.75) is 37.5 Å². The Labute approximate surface area is 137 Å². The highest BCUT2D eigenvalue weighted by Gasteiger charge is 2.27. The first-order valence-electron chi connectivity index (χ1n) is 8.10. The third-order valence-electron chi connectivity index (χ3n) is 3.82. The van der Waals surface area contributed by atoms with Crippen LogP contribution in [0.4, 0.5) is 0 Å². The number of amides is 1. The number of sulfonamides is 1. The molecule has 0 spiro atoms. The van der Waals surface area contributed by atoms with Crippen LogP contribution in [-0.2, 0) is 14.8 Å². The number of rotatable bonds is 8. The van der Waals surface area contributed by atoms with Crippen LogP contribution in [0.5, 0.6) is 0 Å². The number of aromatic amines is 1. The van der Waals surface area contributed by atoms with Crippen molar-refractivity contribution in [3.8, 4) is 0 Å². The van der Waals surface area contributed by atoms with Gasteiger partial charge in [-0.2, -0.15) is 4.31 Å². The van der Waals surface area contributed by atoms with Crippen molar-refractivity contribution in [3.63, 3.8) is 0 Å². The predicted molar refractivity (Wildman–Crippen MR) is 86.8 cm³/mol. The Morgan fingerprint density at radius 2 is 2.04 bits per heavy atom. The summed E-state index contributed by atoms with van der Waals surface area (Å²) in [5, 5.41) is 2.80. The van der Waals surface area contributed by atoms with Crippen LogP contribution in [0.3, 0.4) is 0 Å². The Kier molecular flexibility index (Phi) is 6.61. The number of hydrogen-bond donors (Lipinski definition) is 2. The zero-order chi connectivity index (χ0) is 16.7. The van der Waals surface area contributed by atoms with Gasteiger partial charge < -0.3 is 15.0 Å². The van der Waals surface area contributed by atoms with E-state index >= 15 is 0 Å². The van der Waals surface area contributed by atoms with Crippen molar-refractivity contribution < 1.29 is 17.9 Å². The van der Waals surface area contributed by atoms with Gasteiger partial charge >= 0.3 is 0 Å². The first-order chi connectivity index (χ1) is 11.1. The molecule has 0 unspecified atom stereocenters. The minimum absolute atomic E-state index is 0.121. The summed E-state index contributed by atoms with van der Waals surface area (Å²) >= 11 is 0. The van der Waals surface area contributed by atoms with Crippen molar-refractivity contribution in [2.24, 2.45) is 0 Å². The van der Waals surface area contributed by atoms with Gasteiger partial charge in [-0.1, -0.05) is 26.2 Å². The van der Waals surface area contributed by atoms with Crippen LogP contribution < -0.4 is 5.32 Å². The standard InChI is InChI=1S/C15H25N3O4S/c1-2-3-4-5-6-16-15(19)14-11-13(12-17-14)23(20,21)18-7-9-22-10-8-18/h11-12,17H,2-10H2,1H3,(H,16,19). The molecule has 0 bridgehead atoms. The molecule has 0 atom stereocenters. The highest BCUT2D eigenvalue weighted by atomic mass is 32.2. The quantitative estimate of drug-likeness (QED) is 0.697. The van der Waals surface area contributed by atoms with Gasteiger partial charge in [-0.05, 0) is 12.5 Å². The van der Waals surface area contributed by atoms with Crippen molar-refractivity contribution in [3.05, 3.63) is 18.0 Å². The molecule has 0 aromatic carbocycles. The molecule has 2 N–H and O–H groups in total. The fraction of sp³-hybridized carbons (Fsp3) is 0.667. The molecular weight excluding hydrogens is 318 g/mol. The van der Waals surface area contributed by atoms with E-state index < -0.39 is 10.0 Å². The van der Waals surface area contributed by atoms with Gasteiger partial charge in [-0.15, -0.1) is 0 Å². The molecule has 1 aliphatic rings. The van der Waals surface area contributed by atoms with Gasteiger partial charge in [0.05, 0.1) is 13.2 Å². The van der Waals surface area contributed by atoms with Crippen LogP contribution in [-0.4, -0.2) is 56.5 Å². The monoisotopic (exact) mass is 343 g/mol. The molecule has 1 saturated heterocycles. The topological polar surface area (TPSA) is 91.5 Å². The van der Waals surface area contributed by atoms with E-state index in [0.29, 0.717) is 32.8 Å². The molecule has 1 fully saturated rings. The predicted octanol–water partition coefficient (Wildman–Crippen LogP) is 1.35. The smallest absolute Gasteiger partial charge is 0.267 e. The van der Waals surface area contributed by atoms with E-state index in [1.165, 1.54) is 16.6 Å². The normalized spacial score (nSPS) is 16.4. The molecule has 0 radical (unpaired) electrons. The zero-order valence-electron chi connectivity index (χ0n) is 13.5. The third-order valence-corrected chi connectivity index (χ3v) is 5.70. The molecule has 1 aromatic rings. The Balaban J connectivity index is 1.92. The lowest BCUT2D eigenvalue weighted by Crippen LogP contribution is -2.40. The van der Waals surface area contributed by atoms with Gasteiger partial charge in [0.2, 0.25) is 10.0 Å². The lowest BCUT2D eigenvalue weighted by molar-refractivity contribution is 0.0730. The average Bonchev–Trinajstić information content (AvgIpc) is 3.06. The third kappa shape index (κ3) is 4.79. The number of aromatic nitrogens is 1. The summed E-state index contributed by atoms with van der Waals surface area (Å²) in [6, 6.07) is 1.40. The highest BCUT2D eigenvalue weighted by Crippen LogP contribution is 2.18. The number of H-pyrrole nitrogens is 1.